The summed E-state index contributed by atoms with van der Waals surface area (Å²) in [6.45, 7) is 4.46. The van der Waals surface area contributed by atoms with E-state index in [2.05, 4.69) is 48.1 Å². The van der Waals surface area contributed by atoms with E-state index in [-0.39, 0.29) is 0 Å². The van der Waals surface area contributed by atoms with Gasteiger partial charge >= 0.3 is 0 Å². The molecule has 0 amide bonds. The molecule has 2 rings (SSSR count). The van der Waals surface area contributed by atoms with Crippen LogP contribution in [-0.4, -0.2) is 9.97 Å². The van der Waals surface area contributed by atoms with E-state index in [9.17, 15) is 0 Å². The Morgan fingerprint density at radius 3 is 2.44 bits per heavy atom. The highest BCUT2D eigenvalue weighted by Gasteiger charge is 2.03. The number of nitrogens with zero attached hydrogens (tertiary/aromatic N) is 2. The van der Waals surface area contributed by atoms with E-state index in [4.69, 9.17) is 0 Å². The van der Waals surface area contributed by atoms with Crippen molar-refractivity contribution in [3.63, 3.8) is 0 Å². The molecule has 1 aromatic heterocycles. The van der Waals surface area contributed by atoms with E-state index in [0.29, 0.717) is 5.92 Å². The largest absolute Gasteiger partial charge is 0.261 e. The summed E-state index contributed by atoms with van der Waals surface area (Å²) < 4.78 is 0. The maximum Gasteiger partial charge on any atom is 0.0885 e. The fourth-order valence-corrected chi connectivity index (χ4v) is 1.67. The average molecular weight is 212 g/mol. The summed E-state index contributed by atoms with van der Waals surface area (Å²) in [6.07, 6.45) is 6.37. The van der Waals surface area contributed by atoms with Gasteiger partial charge in [-0.3, -0.25) is 9.97 Å². The van der Waals surface area contributed by atoms with E-state index >= 15 is 0 Å². The third kappa shape index (κ3) is 2.27. The molecule has 1 aromatic carbocycles. The topological polar surface area (TPSA) is 25.8 Å². The van der Waals surface area contributed by atoms with Crippen molar-refractivity contribution in [1.29, 1.82) is 0 Å². The Kier molecular flexibility index (Phi) is 3.30. The number of hydrogen-bond donors (Lipinski definition) is 0. The van der Waals surface area contributed by atoms with Gasteiger partial charge in [0.05, 0.1) is 11.9 Å². The van der Waals surface area contributed by atoms with Gasteiger partial charge in [0.2, 0.25) is 0 Å². The van der Waals surface area contributed by atoms with Crippen LogP contribution in [0.3, 0.4) is 0 Å². The summed E-state index contributed by atoms with van der Waals surface area (Å²) in [5, 5.41) is 0. The molecule has 0 aliphatic rings. The molecule has 0 fully saturated rings. The maximum atomic E-state index is 4.28. The fraction of sp³-hybridized carbons (Fsp3) is 0.286. The molecule has 16 heavy (non-hydrogen) atoms. The van der Waals surface area contributed by atoms with Crippen LogP contribution in [0.1, 0.15) is 31.7 Å². The highest BCUT2D eigenvalue weighted by atomic mass is 14.8. The second-order valence-electron chi connectivity index (χ2n) is 4.02. The zero-order valence-electron chi connectivity index (χ0n) is 9.72. The summed E-state index contributed by atoms with van der Waals surface area (Å²) >= 11 is 0. The zero-order valence-corrected chi connectivity index (χ0v) is 9.72. The van der Waals surface area contributed by atoms with Crippen LogP contribution in [0.25, 0.3) is 11.3 Å². The van der Waals surface area contributed by atoms with Crippen LogP contribution in [0.4, 0.5) is 0 Å². The predicted molar refractivity (Wildman–Crippen MR) is 66.2 cm³/mol. The SMILES string of the molecule is CCC(C)c1ccc(-c2cnccn2)cc1. The first kappa shape index (κ1) is 10.8. The van der Waals surface area contributed by atoms with Gasteiger partial charge in [0.25, 0.3) is 0 Å². The van der Waals surface area contributed by atoms with Gasteiger partial charge < -0.3 is 0 Å². The molecule has 82 valence electrons. The van der Waals surface area contributed by atoms with Crippen LogP contribution in [0.2, 0.25) is 0 Å². The van der Waals surface area contributed by atoms with Crippen molar-refractivity contribution in [3.8, 4) is 11.3 Å². The maximum absolute atomic E-state index is 4.28. The van der Waals surface area contributed by atoms with Gasteiger partial charge in [0, 0.05) is 18.0 Å². The molecular formula is C14H16N2. The van der Waals surface area contributed by atoms with Crippen molar-refractivity contribution in [2.75, 3.05) is 0 Å². The Balaban J connectivity index is 2.26. The molecule has 0 saturated carbocycles. The van der Waals surface area contributed by atoms with Crippen molar-refractivity contribution in [1.82, 2.24) is 9.97 Å². The lowest BCUT2D eigenvalue weighted by Gasteiger charge is -2.09. The standard InChI is InChI=1S/C14H16N2/c1-3-11(2)12-4-6-13(7-5-12)14-10-15-8-9-16-14/h4-11H,3H2,1-2H3. The number of hydrogen-bond acceptors (Lipinski definition) is 2. The Bertz CT molecular complexity index is 434. The van der Waals surface area contributed by atoms with Crippen LogP contribution >= 0.6 is 0 Å². The van der Waals surface area contributed by atoms with Gasteiger partial charge in [-0.05, 0) is 17.9 Å². The zero-order chi connectivity index (χ0) is 11.4. The Morgan fingerprint density at radius 1 is 1.12 bits per heavy atom. The Hall–Kier alpha value is -1.70. The normalized spacial score (nSPS) is 12.4. The third-order valence-electron chi connectivity index (χ3n) is 2.95. The molecule has 0 aliphatic carbocycles. The monoisotopic (exact) mass is 212 g/mol. The quantitative estimate of drug-likeness (QED) is 0.776. The lowest BCUT2D eigenvalue weighted by atomic mass is 9.97. The first-order chi connectivity index (χ1) is 7.81. The number of benzene rings is 1. The van der Waals surface area contributed by atoms with Gasteiger partial charge in [0.1, 0.15) is 0 Å². The minimum atomic E-state index is 0.621. The molecule has 0 radical (unpaired) electrons. The molecule has 2 aromatic rings. The molecule has 0 spiro atoms. The molecular weight excluding hydrogens is 196 g/mol. The van der Waals surface area contributed by atoms with Crippen LogP contribution in [-0.2, 0) is 0 Å². The van der Waals surface area contributed by atoms with Crippen LogP contribution in [0.15, 0.2) is 42.9 Å². The summed E-state index contributed by atoms with van der Waals surface area (Å²) in [6, 6.07) is 8.59. The van der Waals surface area contributed by atoms with Crippen LogP contribution < -0.4 is 0 Å². The van der Waals surface area contributed by atoms with Crippen molar-refractivity contribution in [2.24, 2.45) is 0 Å². The summed E-state index contributed by atoms with van der Waals surface area (Å²) in [5.74, 6) is 0.621. The molecule has 0 N–H and O–H groups in total. The van der Waals surface area contributed by atoms with Crippen molar-refractivity contribution in [2.45, 2.75) is 26.2 Å². The smallest absolute Gasteiger partial charge is 0.0885 e. The molecule has 0 bridgehead atoms. The number of aromatic nitrogens is 2. The van der Waals surface area contributed by atoms with E-state index in [1.54, 1.807) is 18.6 Å². The second kappa shape index (κ2) is 4.88. The van der Waals surface area contributed by atoms with Crippen LogP contribution in [0, 0.1) is 0 Å². The Morgan fingerprint density at radius 2 is 1.88 bits per heavy atom. The van der Waals surface area contributed by atoms with Gasteiger partial charge in [-0.15, -0.1) is 0 Å². The molecule has 1 atom stereocenters. The van der Waals surface area contributed by atoms with Crippen LogP contribution in [0.5, 0.6) is 0 Å². The average Bonchev–Trinajstić information content (AvgIpc) is 2.39. The van der Waals surface area contributed by atoms with E-state index in [0.717, 1.165) is 11.3 Å². The first-order valence-electron chi connectivity index (χ1n) is 5.67. The first-order valence-corrected chi connectivity index (χ1v) is 5.67. The highest BCUT2D eigenvalue weighted by Crippen LogP contribution is 2.22. The molecule has 0 saturated heterocycles. The molecule has 2 nitrogen and oxygen atoms in total. The van der Waals surface area contributed by atoms with Crippen molar-refractivity contribution in [3.05, 3.63) is 48.4 Å². The lowest BCUT2D eigenvalue weighted by Crippen LogP contribution is -1.91. The van der Waals surface area contributed by atoms with Gasteiger partial charge in [-0.25, -0.2) is 0 Å². The molecule has 0 aliphatic heterocycles. The second-order valence-corrected chi connectivity index (χ2v) is 4.02. The highest BCUT2D eigenvalue weighted by molar-refractivity contribution is 5.58. The summed E-state index contributed by atoms with van der Waals surface area (Å²) in [7, 11) is 0. The predicted octanol–water partition coefficient (Wildman–Crippen LogP) is 3.66. The van der Waals surface area contributed by atoms with Crippen molar-refractivity contribution < 1.29 is 0 Å². The van der Waals surface area contributed by atoms with Crippen molar-refractivity contribution >= 4 is 0 Å². The molecule has 1 unspecified atom stereocenters. The minimum absolute atomic E-state index is 0.621. The van der Waals surface area contributed by atoms with E-state index in [1.807, 2.05) is 0 Å². The summed E-state index contributed by atoms with van der Waals surface area (Å²) in [4.78, 5) is 8.35. The lowest BCUT2D eigenvalue weighted by molar-refractivity contribution is 0.734. The van der Waals surface area contributed by atoms with Gasteiger partial charge in [0.15, 0.2) is 0 Å². The van der Waals surface area contributed by atoms with E-state index < -0.39 is 0 Å². The summed E-state index contributed by atoms with van der Waals surface area (Å²) in [5.41, 5.74) is 3.44. The third-order valence-corrected chi connectivity index (χ3v) is 2.95. The number of rotatable bonds is 3. The molecule has 1 heterocycles. The fourth-order valence-electron chi connectivity index (χ4n) is 1.67. The minimum Gasteiger partial charge on any atom is -0.261 e. The van der Waals surface area contributed by atoms with Gasteiger partial charge in [-0.2, -0.15) is 0 Å². The van der Waals surface area contributed by atoms with E-state index in [1.165, 1.54) is 12.0 Å². The van der Waals surface area contributed by atoms with Gasteiger partial charge in [-0.1, -0.05) is 38.1 Å². The molecule has 2 heteroatoms. The Labute approximate surface area is 96.4 Å².